The number of carbonyl (C=O) groups excluding carboxylic acids is 1. The zero-order chi connectivity index (χ0) is 18.9. The van der Waals surface area contributed by atoms with Crippen LogP contribution in [0.25, 0.3) is 0 Å². The summed E-state index contributed by atoms with van der Waals surface area (Å²) in [6, 6.07) is 8.51. The summed E-state index contributed by atoms with van der Waals surface area (Å²) in [5.41, 5.74) is 1.93. The molecule has 1 amide bonds. The fourth-order valence-corrected chi connectivity index (χ4v) is 6.43. The number of anilines is 1. The predicted octanol–water partition coefficient (Wildman–Crippen LogP) is 4.05. The highest BCUT2D eigenvalue weighted by molar-refractivity contribution is 7.89. The first-order valence-electron chi connectivity index (χ1n) is 9.57. The number of benzene rings is 1. The van der Waals surface area contributed by atoms with Crippen LogP contribution in [0, 0.1) is 0 Å². The van der Waals surface area contributed by atoms with Crippen LogP contribution < -0.4 is 5.32 Å². The predicted molar refractivity (Wildman–Crippen MR) is 108 cm³/mol. The summed E-state index contributed by atoms with van der Waals surface area (Å²) in [6.07, 6.45) is 7.60. The van der Waals surface area contributed by atoms with E-state index in [1.165, 1.54) is 34.0 Å². The monoisotopic (exact) mass is 404 g/mol. The van der Waals surface area contributed by atoms with E-state index in [2.05, 4.69) is 5.32 Å². The van der Waals surface area contributed by atoms with Gasteiger partial charge >= 0.3 is 0 Å². The quantitative estimate of drug-likeness (QED) is 0.782. The third kappa shape index (κ3) is 3.95. The number of hydrogen-bond acceptors (Lipinski definition) is 4. The average Bonchev–Trinajstić information content (AvgIpc) is 3.29. The molecule has 1 fully saturated rings. The minimum atomic E-state index is -3.42. The van der Waals surface area contributed by atoms with Crippen molar-refractivity contribution in [2.24, 2.45) is 0 Å². The number of carbonyl (C=O) groups is 1. The second-order valence-electron chi connectivity index (χ2n) is 7.21. The van der Waals surface area contributed by atoms with E-state index in [-0.39, 0.29) is 10.8 Å². The average molecular weight is 405 g/mol. The van der Waals surface area contributed by atoms with Crippen molar-refractivity contribution in [3.05, 3.63) is 45.6 Å². The third-order valence-electron chi connectivity index (χ3n) is 5.29. The van der Waals surface area contributed by atoms with Crippen LogP contribution in [-0.4, -0.2) is 31.7 Å². The van der Waals surface area contributed by atoms with Gasteiger partial charge in [0, 0.05) is 23.7 Å². The Labute approximate surface area is 164 Å². The lowest BCUT2D eigenvalue weighted by atomic mass is 10.1. The highest BCUT2D eigenvalue weighted by atomic mass is 32.2. The fraction of sp³-hybridized carbons (Fsp3) is 0.450. The van der Waals surface area contributed by atoms with Gasteiger partial charge in [-0.15, -0.1) is 11.3 Å². The Morgan fingerprint density at radius 1 is 0.963 bits per heavy atom. The van der Waals surface area contributed by atoms with Gasteiger partial charge < -0.3 is 5.32 Å². The topological polar surface area (TPSA) is 66.5 Å². The number of aryl methyl sites for hydroxylation is 2. The number of nitrogens with one attached hydrogen (secondary N) is 1. The molecule has 1 aliphatic carbocycles. The lowest BCUT2D eigenvalue weighted by Gasteiger charge is -2.15. The Kier molecular flexibility index (Phi) is 5.34. The maximum Gasteiger partial charge on any atom is 0.265 e. The van der Waals surface area contributed by atoms with Crippen molar-refractivity contribution >= 4 is 33.0 Å². The summed E-state index contributed by atoms with van der Waals surface area (Å²) >= 11 is 1.59. The molecule has 1 aromatic heterocycles. The molecule has 0 radical (unpaired) electrons. The summed E-state index contributed by atoms with van der Waals surface area (Å²) in [4.78, 5) is 14.9. The molecule has 1 aliphatic heterocycles. The Morgan fingerprint density at radius 2 is 1.67 bits per heavy atom. The number of thiophene rings is 1. The number of rotatable bonds is 4. The summed E-state index contributed by atoms with van der Waals surface area (Å²) < 4.78 is 26.7. The van der Waals surface area contributed by atoms with Gasteiger partial charge in [0.05, 0.1) is 9.77 Å². The van der Waals surface area contributed by atoms with E-state index in [4.69, 9.17) is 0 Å². The van der Waals surface area contributed by atoms with E-state index in [1.54, 1.807) is 35.6 Å². The Balaban J connectivity index is 1.46. The van der Waals surface area contributed by atoms with E-state index in [1.807, 2.05) is 6.07 Å². The van der Waals surface area contributed by atoms with Crippen molar-refractivity contribution in [1.29, 1.82) is 0 Å². The van der Waals surface area contributed by atoms with E-state index in [0.29, 0.717) is 18.8 Å². The van der Waals surface area contributed by atoms with Gasteiger partial charge in [-0.05, 0) is 74.4 Å². The summed E-state index contributed by atoms with van der Waals surface area (Å²) in [5.74, 6) is -0.122. The largest absolute Gasteiger partial charge is 0.321 e. The first-order chi connectivity index (χ1) is 13.0. The Hall–Kier alpha value is -1.70. The molecule has 144 valence electrons. The summed E-state index contributed by atoms with van der Waals surface area (Å²) in [7, 11) is -3.42. The zero-order valence-electron chi connectivity index (χ0n) is 15.2. The number of sulfonamides is 1. The van der Waals surface area contributed by atoms with Crippen LogP contribution in [-0.2, 0) is 22.9 Å². The van der Waals surface area contributed by atoms with Crippen molar-refractivity contribution in [2.45, 2.75) is 49.8 Å². The van der Waals surface area contributed by atoms with Crippen LogP contribution >= 0.6 is 11.3 Å². The molecule has 2 heterocycles. The first kappa shape index (κ1) is 18.7. The number of amides is 1. The molecule has 0 spiro atoms. The molecule has 0 atom stereocenters. The summed E-state index contributed by atoms with van der Waals surface area (Å²) in [6.45, 7) is 1.17. The van der Waals surface area contributed by atoms with Gasteiger partial charge in [-0.1, -0.05) is 6.42 Å². The third-order valence-corrected chi connectivity index (χ3v) is 8.43. The molecule has 1 aromatic carbocycles. The second kappa shape index (κ2) is 7.73. The Bertz CT molecular complexity index is 903. The van der Waals surface area contributed by atoms with Crippen LogP contribution in [0.15, 0.2) is 35.2 Å². The molecule has 1 saturated heterocycles. The molecule has 0 bridgehead atoms. The van der Waals surface area contributed by atoms with Gasteiger partial charge in [0.1, 0.15) is 0 Å². The van der Waals surface area contributed by atoms with Gasteiger partial charge in [-0.2, -0.15) is 4.31 Å². The van der Waals surface area contributed by atoms with E-state index < -0.39 is 10.0 Å². The van der Waals surface area contributed by atoms with E-state index in [9.17, 15) is 13.2 Å². The van der Waals surface area contributed by atoms with Gasteiger partial charge in [0.25, 0.3) is 5.91 Å². The second-order valence-corrected chi connectivity index (χ2v) is 10.3. The minimum Gasteiger partial charge on any atom is -0.321 e. The maximum atomic E-state index is 12.6. The minimum absolute atomic E-state index is 0.122. The standard InChI is InChI=1S/C20H24N2O3S2/c23-20(19-14-15-6-2-1-3-7-18(15)26-19)21-16-8-10-17(11-9-16)27(24,25)22-12-4-5-13-22/h8-11,14H,1-7,12-13H2,(H,21,23). The molecule has 2 aliphatic rings. The molecule has 1 N–H and O–H groups in total. The number of nitrogens with zero attached hydrogens (tertiary/aromatic N) is 1. The molecular formula is C20H24N2O3S2. The van der Waals surface area contributed by atoms with Crippen LogP contribution in [0.4, 0.5) is 5.69 Å². The molecule has 0 unspecified atom stereocenters. The zero-order valence-corrected chi connectivity index (χ0v) is 16.9. The molecular weight excluding hydrogens is 380 g/mol. The van der Waals surface area contributed by atoms with Crippen LogP contribution in [0.5, 0.6) is 0 Å². The number of hydrogen-bond donors (Lipinski definition) is 1. The SMILES string of the molecule is O=C(Nc1ccc(S(=O)(=O)N2CCCC2)cc1)c1cc2c(s1)CCCCC2. The lowest BCUT2D eigenvalue weighted by molar-refractivity contribution is 0.103. The van der Waals surface area contributed by atoms with Gasteiger partial charge in [-0.3, -0.25) is 4.79 Å². The van der Waals surface area contributed by atoms with Crippen molar-refractivity contribution in [3.8, 4) is 0 Å². The van der Waals surface area contributed by atoms with Gasteiger partial charge in [0.2, 0.25) is 10.0 Å². The van der Waals surface area contributed by atoms with Crippen molar-refractivity contribution in [3.63, 3.8) is 0 Å². The van der Waals surface area contributed by atoms with Crippen LogP contribution in [0.2, 0.25) is 0 Å². The van der Waals surface area contributed by atoms with Crippen LogP contribution in [0.3, 0.4) is 0 Å². The van der Waals surface area contributed by atoms with Crippen molar-refractivity contribution in [2.75, 3.05) is 18.4 Å². The van der Waals surface area contributed by atoms with Crippen LogP contribution in [0.1, 0.15) is 52.2 Å². The van der Waals surface area contributed by atoms with Gasteiger partial charge in [-0.25, -0.2) is 8.42 Å². The van der Waals surface area contributed by atoms with E-state index in [0.717, 1.165) is 30.6 Å². The molecule has 5 nitrogen and oxygen atoms in total. The molecule has 7 heteroatoms. The molecule has 0 saturated carbocycles. The highest BCUT2D eigenvalue weighted by Crippen LogP contribution is 2.29. The normalized spacial score (nSPS) is 18.1. The van der Waals surface area contributed by atoms with Crippen molar-refractivity contribution < 1.29 is 13.2 Å². The smallest absolute Gasteiger partial charge is 0.265 e. The lowest BCUT2D eigenvalue weighted by Crippen LogP contribution is -2.27. The first-order valence-corrected chi connectivity index (χ1v) is 11.8. The van der Waals surface area contributed by atoms with Crippen molar-refractivity contribution in [1.82, 2.24) is 4.31 Å². The fourth-order valence-electron chi connectivity index (χ4n) is 3.76. The van der Waals surface area contributed by atoms with Gasteiger partial charge in [0.15, 0.2) is 0 Å². The molecule has 4 rings (SSSR count). The Morgan fingerprint density at radius 3 is 2.41 bits per heavy atom. The number of fused-ring (bicyclic) bond motifs is 1. The summed E-state index contributed by atoms with van der Waals surface area (Å²) in [5, 5.41) is 2.89. The maximum absolute atomic E-state index is 12.6. The molecule has 27 heavy (non-hydrogen) atoms. The highest BCUT2D eigenvalue weighted by Gasteiger charge is 2.27. The molecule has 2 aromatic rings. The van der Waals surface area contributed by atoms with E-state index >= 15 is 0 Å².